The molecule has 406 valence electrons. The highest BCUT2D eigenvalue weighted by molar-refractivity contribution is 5.76. The molecule has 69 heavy (non-hydrogen) atoms. The van der Waals surface area contributed by atoms with Gasteiger partial charge < -0.3 is 20.3 Å². The van der Waals surface area contributed by atoms with Crippen LogP contribution in [0.4, 0.5) is 0 Å². The van der Waals surface area contributed by atoms with Gasteiger partial charge in [0.05, 0.1) is 25.4 Å². The number of aliphatic hydroxyl groups excluding tert-OH is 2. The number of hydrogen-bond donors (Lipinski definition) is 3. The number of allylic oxidation sites excluding steroid dienone is 5. The zero-order chi connectivity index (χ0) is 50.0. The third-order valence-electron chi connectivity index (χ3n) is 14.1. The molecule has 0 aromatic carbocycles. The molecule has 2 unspecified atom stereocenters. The second-order valence-electron chi connectivity index (χ2n) is 21.0. The van der Waals surface area contributed by atoms with Crippen molar-refractivity contribution in [2.75, 3.05) is 13.2 Å². The molecule has 1 amide bonds. The summed E-state index contributed by atoms with van der Waals surface area (Å²) in [7, 11) is 0. The summed E-state index contributed by atoms with van der Waals surface area (Å²) in [6.45, 7) is 4.86. The molecule has 3 N–H and O–H groups in total. The number of carbonyl (C=O) groups is 2. The number of esters is 1. The van der Waals surface area contributed by atoms with Crippen molar-refractivity contribution < 1.29 is 24.5 Å². The van der Waals surface area contributed by atoms with Gasteiger partial charge in [-0.1, -0.05) is 269 Å². The van der Waals surface area contributed by atoms with Gasteiger partial charge in [0.15, 0.2) is 0 Å². The normalized spacial score (nSPS) is 12.8. The molecule has 0 saturated carbocycles. The van der Waals surface area contributed by atoms with Crippen LogP contribution in [-0.4, -0.2) is 47.4 Å². The maximum atomic E-state index is 12.5. The summed E-state index contributed by atoms with van der Waals surface area (Å²) >= 11 is 0. The molecule has 0 aromatic heterocycles. The fourth-order valence-electron chi connectivity index (χ4n) is 9.39. The van der Waals surface area contributed by atoms with Gasteiger partial charge in [0.2, 0.25) is 5.91 Å². The molecule has 0 aromatic rings. The van der Waals surface area contributed by atoms with Crippen LogP contribution in [0.5, 0.6) is 0 Å². The van der Waals surface area contributed by atoms with E-state index in [4.69, 9.17) is 4.74 Å². The van der Waals surface area contributed by atoms with E-state index in [2.05, 4.69) is 43.5 Å². The predicted molar refractivity (Wildman–Crippen MR) is 301 cm³/mol. The van der Waals surface area contributed by atoms with Gasteiger partial charge in [0.25, 0.3) is 0 Å². The summed E-state index contributed by atoms with van der Waals surface area (Å²) < 4.78 is 5.44. The highest BCUT2D eigenvalue weighted by Crippen LogP contribution is 2.17. The summed E-state index contributed by atoms with van der Waals surface area (Å²) in [5, 5.41) is 23.2. The van der Waals surface area contributed by atoms with Crippen LogP contribution in [0.2, 0.25) is 0 Å². The van der Waals surface area contributed by atoms with Gasteiger partial charge in [-0.25, -0.2) is 0 Å². The largest absolute Gasteiger partial charge is 0.466 e. The smallest absolute Gasteiger partial charge is 0.305 e. The van der Waals surface area contributed by atoms with Gasteiger partial charge >= 0.3 is 5.97 Å². The Morgan fingerprint density at radius 3 is 1.06 bits per heavy atom. The average molecular weight is 971 g/mol. The zero-order valence-electron chi connectivity index (χ0n) is 46.3. The molecule has 0 heterocycles. The number of unbranched alkanes of at least 4 members (excludes halogenated alkanes) is 42. The van der Waals surface area contributed by atoms with E-state index < -0.39 is 12.1 Å². The van der Waals surface area contributed by atoms with E-state index in [0.29, 0.717) is 19.4 Å². The lowest BCUT2D eigenvalue weighted by Crippen LogP contribution is -2.45. The number of amides is 1. The topological polar surface area (TPSA) is 95.9 Å². The fraction of sp³-hybridized carbons (Fsp3) is 0.873. The number of carbonyl (C=O) groups excluding carboxylic acids is 2. The second kappa shape index (κ2) is 58.6. The van der Waals surface area contributed by atoms with Crippen LogP contribution in [0, 0.1) is 0 Å². The highest BCUT2D eigenvalue weighted by atomic mass is 16.5. The molecule has 2 atom stereocenters. The van der Waals surface area contributed by atoms with Gasteiger partial charge in [-0.2, -0.15) is 0 Å². The van der Waals surface area contributed by atoms with Crippen molar-refractivity contribution in [2.45, 2.75) is 341 Å². The average Bonchev–Trinajstić information content (AvgIpc) is 3.35. The molecule has 6 heteroatoms. The predicted octanol–water partition coefficient (Wildman–Crippen LogP) is 19.2. The summed E-state index contributed by atoms with van der Waals surface area (Å²) in [6.07, 6.45) is 73.2. The third-order valence-corrected chi connectivity index (χ3v) is 14.1. The summed E-state index contributed by atoms with van der Waals surface area (Å²) in [5.41, 5.74) is 0. The lowest BCUT2D eigenvalue weighted by Gasteiger charge is -2.20. The highest BCUT2D eigenvalue weighted by Gasteiger charge is 2.18. The monoisotopic (exact) mass is 970 g/mol. The minimum absolute atomic E-state index is 0.0210. The van der Waals surface area contributed by atoms with Gasteiger partial charge in [0.1, 0.15) is 0 Å². The Morgan fingerprint density at radius 1 is 0.391 bits per heavy atom. The van der Waals surface area contributed by atoms with E-state index in [1.54, 1.807) is 6.08 Å². The second-order valence-corrected chi connectivity index (χ2v) is 21.0. The van der Waals surface area contributed by atoms with Gasteiger partial charge in [0, 0.05) is 12.8 Å². The molecule has 0 saturated heterocycles. The first-order valence-electron chi connectivity index (χ1n) is 30.8. The van der Waals surface area contributed by atoms with Gasteiger partial charge in [-0.15, -0.1) is 0 Å². The van der Waals surface area contributed by atoms with Gasteiger partial charge in [-0.05, 0) is 83.5 Å². The van der Waals surface area contributed by atoms with Crippen molar-refractivity contribution in [2.24, 2.45) is 0 Å². The van der Waals surface area contributed by atoms with Crippen molar-refractivity contribution in [1.29, 1.82) is 0 Å². The summed E-state index contributed by atoms with van der Waals surface area (Å²) in [4.78, 5) is 24.5. The van der Waals surface area contributed by atoms with Gasteiger partial charge in [-0.3, -0.25) is 9.59 Å². The Kier molecular flexibility index (Phi) is 57.0. The number of hydrogen-bond acceptors (Lipinski definition) is 5. The number of ether oxygens (including phenoxy) is 1. The molecular formula is C63H119NO5. The molecule has 0 fully saturated rings. The van der Waals surface area contributed by atoms with E-state index in [9.17, 15) is 19.8 Å². The third kappa shape index (κ3) is 55.2. The van der Waals surface area contributed by atoms with Crippen LogP contribution in [0.15, 0.2) is 36.5 Å². The molecule has 0 spiro atoms. The lowest BCUT2D eigenvalue weighted by molar-refractivity contribution is -0.143. The van der Waals surface area contributed by atoms with E-state index in [1.165, 1.54) is 231 Å². The standard InChI is InChI=1S/C63H119NO5/c1-3-5-7-9-11-13-15-17-18-19-20-21-22-23-24-25-26-27-29-32-35-39-43-47-51-55-61(66)60(59-65)64-62(67)56-52-48-44-40-36-33-30-28-31-34-38-42-46-50-54-58-69-63(68)57-53-49-45-41-37-16-14-12-10-8-6-4-2/h12,14,31,34,51,55,60-61,65-66H,3-11,13,15-30,32-33,35-50,52-54,56-59H2,1-2H3,(H,64,67)/b14-12-,34-31-,55-51+. The van der Waals surface area contributed by atoms with Crippen LogP contribution >= 0.6 is 0 Å². The van der Waals surface area contributed by atoms with E-state index in [0.717, 1.165) is 70.6 Å². The molecule has 0 aliphatic carbocycles. The first-order chi connectivity index (χ1) is 34.0. The van der Waals surface area contributed by atoms with Crippen molar-refractivity contribution in [1.82, 2.24) is 5.32 Å². The molecule has 0 bridgehead atoms. The first-order valence-corrected chi connectivity index (χ1v) is 30.8. The molecule has 0 aliphatic rings. The van der Waals surface area contributed by atoms with E-state index >= 15 is 0 Å². The Balaban J connectivity index is 3.50. The Labute approximate surface area is 430 Å². The molecule has 6 nitrogen and oxygen atoms in total. The van der Waals surface area contributed by atoms with Crippen LogP contribution in [0.3, 0.4) is 0 Å². The molecule has 0 aliphatic heterocycles. The SMILES string of the molecule is CCCCC/C=C\CCCCCCCC(=O)OCCCCCC/C=C\CCCCCCCCCC(=O)NC(CO)C(O)/C=C/CCCCCCCCCCCCCCCCCCCCCCCCC. The van der Waals surface area contributed by atoms with Crippen LogP contribution in [-0.2, 0) is 14.3 Å². The summed E-state index contributed by atoms with van der Waals surface area (Å²) in [6, 6.07) is -0.641. The zero-order valence-corrected chi connectivity index (χ0v) is 46.3. The quantitative estimate of drug-likeness (QED) is 0.0321. The van der Waals surface area contributed by atoms with Crippen molar-refractivity contribution in [3.63, 3.8) is 0 Å². The molecule has 0 radical (unpaired) electrons. The Morgan fingerprint density at radius 2 is 0.681 bits per heavy atom. The number of rotatable bonds is 57. The lowest BCUT2D eigenvalue weighted by atomic mass is 10.0. The van der Waals surface area contributed by atoms with Crippen molar-refractivity contribution in [3.8, 4) is 0 Å². The first kappa shape index (κ1) is 67.1. The van der Waals surface area contributed by atoms with Crippen molar-refractivity contribution >= 4 is 11.9 Å². The number of aliphatic hydroxyl groups is 2. The Bertz CT molecular complexity index is 1120. The van der Waals surface area contributed by atoms with Crippen LogP contribution in [0.25, 0.3) is 0 Å². The fourth-order valence-corrected chi connectivity index (χ4v) is 9.39. The van der Waals surface area contributed by atoms with Crippen molar-refractivity contribution in [3.05, 3.63) is 36.5 Å². The Hall–Kier alpha value is -1.92. The summed E-state index contributed by atoms with van der Waals surface area (Å²) in [5.74, 6) is -0.102. The maximum Gasteiger partial charge on any atom is 0.305 e. The molecular weight excluding hydrogens is 851 g/mol. The van der Waals surface area contributed by atoms with Crippen LogP contribution in [0.1, 0.15) is 328 Å². The maximum absolute atomic E-state index is 12.5. The van der Waals surface area contributed by atoms with Crippen LogP contribution < -0.4 is 5.32 Å². The van der Waals surface area contributed by atoms with E-state index in [-0.39, 0.29) is 18.5 Å². The molecule has 0 rings (SSSR count). The van der Waals surface area contributed by atoms with E-state index in [1.807, 2.05) is 6.08 Å². The number of nitrogens with one attached hydrogen (secondary N) is 1. The minimum Gasteiger partial charge on any atom is -0.466 e. The minimum atomic E-state index is -0.856.